The Morgan fingerprint density at radius 1 is 1.00 bits per heavy atom. The van der Waals surface area contributed by atoms with Crippen molar-refractivity contribution < 1.29 is 8.81 Å². The zero-order chi connectivity index (χ0) is 12.0. The highest BCUT2D eigenvalue weighted by molar-refractivity contribution is 7.72. The van der Waals surface area contributed by atoms with E-state index in [1.807, 2.05) is 0 Å². The molecule has 0 unspecified atom stereocenters. The van der Waals surface area contributed by atoms with E-state index in [0.717, 1.165) is 5.39 Å². The highest BCUT2D eigenvalue weighted by atomic mass is 35.5. The van der Waals surface area contributed by atoms with Crippen molar-refractivity contribution in [2.24, 2.45) is 0 Å². The molecule has 4 heteroatoms. The number of hydrogen-bond acceptors (Lipinski definition) is 2. The second kappa shape index (κ2) is 3.79. The molecule has 0 aliphatic rings. The molecule has 3 aromatic rings. The van der Waals surface area contributed by atoms with Crippen LogP contribution in [0.2, 0.25) is 5.02 Å². The molecule has 0 saturated carbocycles. The summed E-state index contributed by atoms with van der Waals surface area (Å²) >= 11 is 11.2. The molecular formula is C13H6ClFOS. The first-order valence-electron chi connectivity index (χ1n) is 4.97. The first-order valence-corrected chi connectivity index (χ1v) is 5.75. The van der Waals surface area contributed by atoms with E-state index in [2.05, 4.69) is 0 Å². The molecule has 17 heavy (non-hydrogen) atoms. The summed E-state index contributed by atoms with van der Waals surface area (Å²) in [7, 11) is 0. The minimum Gasteiger partial charge on any atom is -0.456 e. The SMILES string of the molecule is Fc1ccc2oc3cc(Cl)ccc3c(=S)c2c1. The van der Waals surface area contributed by atoms with E-state index < -0.39 is 0 Å². The summed E-state index contributed by atoms with van der Waals surface area (Å²) in [5, 5.41) is 1.95. The highest BCUT2D eigenvalue weighted by Crippen LogP contribution is 2.27. The lowest BCUT2D eigenvalue weighted by molar-refractivity contribution is 0.624. The molecule has 3 rings (SSSR count). The topological polar surface area (TPSA) is 13.1 Å². The second-order valence-corrected chi connectivity index (χ2v) is 4.56. The molecule has 0 saturated heterocycles. The van der Waals surface area contributed by atoms with Crippen molar-refractivity contribution in [3.63, 3.8) is 0 Å². The monoisotopic (exact) mass is 264 g/mol. The molecular weight excluding hydrogens is 259 g/mol. The van der Waals surface area contributed by atoms with E-state index in [-0.39, 0.29) is 5.82 Å². The third kappa shape index (κ3) is 1.72. The fraction of sp³-hybridized carbons (Fsp3) is 0. The summed E-state index contributed by atoms with van der Waals surface area (Å²) in [5.41, 5.74) is 1.17. The van der Waals surface area contributed by atoms with Crippen molar-refractivity contribution in [3.8, 4) is 0 Å². The summed E-state index contributed by atoms with van der Waals surface area (Å²) in [6.07, 6.45) is 0. The molecule has 0 fully saturated rings. The number of rotatable bonds is 0. The molecule has 0 spiro atoms. The van der Waals surface area contributed by atoms with E-state index in [4.69, 9.17) is 28.2 Å². The van der Waals surface area contributed by atoms with Gasteiger partial charge in [0.25, 0.3) is 0 Å². The van der Waals surface area contributed by atoms with Gasteiger partial charge in [0, 0.05) is 21.9 Å². The summed E-state index contributed by atoms with van der Waals surface area (Å²) in [4.78, 5) is 0. The summed E-state index contributed by atoms with van der Waals surface area (Å²) in [6.45, 7) is 0. The fourth-order valence-corrected chi connectivity index (χ4v) is 2.29. The van der Waals surface area contributed by atoms with Gasteiger partial charge in [0.2, 0.25) is 0 Å². The van der Waals surface area contributed by atoms with Crippen LogP contribution in [0.1, 0.15) is 0 Å². The molecule has 0 bridgehead atoms. The van der Waals surface area contributed by atoms with Crippen LogP contribution in [0.3, 0.4) is 0 Å². The summed E-state index contributed by atoms with van der Waals surface area (Å²) in [5.74, 6) is -0.327. The average Bonchev–Trinajstić information content (AvgIpc) is 2.30. The van der Waals surface area contributed by atoms with Crippen molar-refractivity contribution in [2.75, 3.05) is 0 Å². The zero-order valence-corrected chi connectivity index (χ0v) is 10.1. The van der Waals surface area contributed by atoms with Crippen molar-refractivity contribution >= 4 is 45.8 Å². The van der Waals surface area contributed by atoms with Gasteiger partial charge in [0.15, 0.2) is 0 Å². The lowest BCUT2D eigenvalue weighted by Gasteiger charge is -2.03. The molecule has 0 aliphatic carbocycles. The van der Waals surface area contributed by atoms with Crippen LogP contribution in [-0.4, -0.2) is 0 Å². The Kier molecular flexibility index (Phi) is 2.38. The smallest absolute Gasteiger partial charge is 0.137 e. The second-order valence-electron chi connectivity index (χ2n) is 3.71. The van der Waals surface area contributed by atoms with Gasteiger partial charge in [-0.2, -0.15) is 0 Å². The van der Waals surface area contributed by atoms with Crippen LogP contribution in [0.5, 0.6) is 0 Å². The lowest BCUT2D eigenvalue weighted by Crippen LogP contribution is -1.81. The standard InChI is InChI=1S/C13H6ClFOS/c14-7-1-3-9-12(5-7)16-11-4-2-8(15)6-10(11)13(9)17/h1-6H. The molecule has 0 atom stereocenters. The Bertz CT molecular complexity index is 794. The number of hydrogen-bond donors (Lipinski definition) is 0. The quantitative estimate of drug-likeness (QED) is 0.413. The van der Waals surface area contributed by atoms with Crippen LogP contribution in [0.4, 0.5) is 4.39 Å². The molecule has 84 valence electrons. The Morgan fingerprint density at radius 3 is 2.65 bits per heavy atom. The molecule has 2 aromatic carbocycles. The van der Waals surface area contributed by atoms with Crippen LogP contribution in [0, 0.1) is 10.3 Å². The van der Waals surface area contributed by atoms with Crippen molar-refractivity contribution in [3.05, 3.63) is 51.7 Å². The fourth-order valence-electron chi connectivity index (χ4n) is 1.80. The van der Waals surface area contributed by atoms with Crippen molar-refractivity contribution in [1.82, 2.24) is 0 Å². The Hall–Kier alpha value is -1.45. The van der Waals surface area contributed by atoms with Crippen LogP contribution in [-0.2, 0) is 0 Å². The van der Waals surface area contributed by atoms with Gasteiger partial charge >= 0.3 is 0 Å². The van der Waals surface area contributed by atoms with Gasteiger partial charge < -0.3 is 4.42 Å². The maximum Gasteiger partial charge on any atom is 0.137 e. The summed E-state index contributed by atoms with van der Waals surface area (Å²) in [6, 6.07) is 9.52. The van der Waals surface area contributed by atoms with Crippen molar-refractivity contribution in [1.29, 1.82) is 0 Å². The van der Waals surface area contributed by atoms with E-state index in [1.165, 1.54) is 12.1 Å². The third-order valence-electron chi connectivity index (χ3n) is 2.59. The largest absolute Gasteiger partial charge is 0.456 e. The van der Waals surface area contributed by atoms with E-state index in [1.54, 1.807) is 24.3 Å². The molecule has 1 nitrogen and oxygen atoms in total. The van der Waals surface area contributed by atoms with Crippen molar-refractivity contribution in [2.45, 2.75) is 0 Å². The van der Waals surface area contributed by atoms with Gasteiger partial charge in [-0.25, -0.2) is 4.39 Å². The molecule has 0 amide bonds. The Balaban J connectivity index is 2.57. The van der Waals surface area contributed by atoms with Crippen LogP contribution >= 0.6 is 23.8 Å². The summed E-state index contributed by atoms with van der Waals surface area (Å²) < 4.78 is 19.4. The normalized spacial score (nSPS) is 11.2. The Labute approximate surface area is 106 Å². The molecule has 1 aromatic heterocycles. The number of benzene rings is 2. The van der Waals surface area contributed by atoms with Gasteiger partial charge in [-0.3, -0.25) is 0 Å². The number of fused-ring (bicyclic) bond motifs is 2. The van der Waals surface area contributed by atoms with Gasteiger partial charge in [0.1, 0.15) is 17.0 Å². The maximum atomic E-state index is 13.2. The molecule has 1 heterocycles. The third-order valence-corrected chi connectivity index (χ3v) is 3.27. The van der Waals surface area contributed by atoms with Gasteiger partial charge in [-0.1, -0.05) is 23.8 Å². The van der Waals surface area contributed by atoms with Gasteiger partial charge in [-0.05, 0) is 30.3 Å². The van der Waals surface area contributed by atoms with Crippen LogP contribution in [0.25, 0.3) is 21.9 Å². The molecule has 0 radical (unpaired) electrons. The molecule has 0 N–H and O–H groups in total. The van der Waals surface area contributed by atoms with E-state index in [9.17, 15) is 4.39 Å². The Morgan fingerprint density at radius 2 is 1.82 bits per heavy atom. The first kappa shape index (κ1) is 10.7. The molecule has 0 aliphatic heterocycles. The predicted octanol–water partition coefficient (Wildman–Crippen LogP) is 5.11. The van der Waals surface area contributed by atoms with Crippen LogP contribution in [0.15, 0.2) is 40.8 Å². The van der Waals surface area contributed by atoms with Gasteiger partial charge in [0.05, 0.1) is 4.51 Å². The minimum atomic E-state index is -0.327. The van der Waals surface area contributed by atoms with Gasteiger partial charge in [-0.15, -0.1) is 0 Å². The van der Waals surface area contributed by atoms with Crippen LogP contribution < -0.4 is 0 Å². The zero-order valence-electron chi connectivity index (χ0n) is 8.54. The average molecular weight is 265 g/mol. The van der Waals surface area contributed by atoms with E-state index in [0.29, 0.717) is 26.1 Å². The highest BCUT2D eigenvalue weighted by Gasteiger charge is 2.06. The number of halogens is 2. The maximum absolute atomic E-state index is 13.2. The predicted molar refractivity (Wildman–Crippen MR) is 69.5 cm³/mol. The van der Waals surface area contributed by atoms with E-state index >= 15 is 0 Å². The minimum absolute atomic E-state index is 0.327. The first-order chi connectivity index (χ1) is 8.15. The lowest BCUT2D eigenvalue weighted by atomic mass is 10.1.